The maximum atomic E-state index is 13.2. The van der Waals surface area contributed by atoms with E-state index in [2.05, 4.69) is 53.1 Å². The highest BCUT2D eigenvalue weighted by atomic mass is 79.9. The lowest BCUT2D eigenvalue weighted by Crippen LogP contribution is -2.52. The van der Waals surface area contributed by atoms with Crippen molar-refractivity contribution in [2.75, 3.05) is 33.7 Å². The Balaban J connectivity index is 1.14. The Bertz CT molecular complexity index is 864. The molecule has 1 spiro atoms. The summed E-state index contributed by atoms with van der Waals surface area (Å²) >= 11 is 3.88. The van der Waals surface area contributed by atoms with Crippen LogP contribution in [0.2, 0.25) is 0 Å². The normalized spacial score (nSPS) is 36.7. The molecular weight excluding hydrogens is 464 g/mol. The molecule has 6 aliphatic rings. The summed E-state index contributed by atoms with van der Waals surface area (Å²) in [5, 5.41) is 0. The summed E-state index contributed by atoms with van der Waals surface area (Å²) in [5.74, 6) is 3.67. The molecule has 5 aliphatic carbocycles. The molecule has 4 nitrogen and oxygen atoms in total. The second-order valence-electron chi connectivity index (χ2n) is 11.9. The van der Waals surface area contributed by atoms with Crippen LogP contribution in [0.3, 0.4) is 0 Å². The average Bonchev–Trinajstić information content (AvgIpc) is 3.04. The number of halogens is 1. The van der Waals surface area contributed by atoms with Gasteiger partial charge in [-0.05, 0) is 112 Å². The van der Waals surface area contributed by atoms with Crippen molar-refractivity contribution in [1.29, 1.82) is 0 Å². The van der Waals surface area contributed by atoms with E-state index in [1.54, 1.807) is 0 Å². The van der Waals surface area contributed by atoms with Crippen molar-refractivity contribution in [2.24, 2.45) is 23.7 Å². The van der Waals surface area contributed by atoms with Crippen molar-refractivity contribution in [3.05, 3.63) is 33.8 Å². The minimum atomic E-state index is -0.0347. The molecule has 7 rings (SSSR count). The molecule has 4 bridgehead atoms. The highest BCUT2D eigenvalue weighted by Gasteiger charge is 2.51. The Morgan fingerprint density at radius 1 is 1.09 bits per heavy atom. The number of ether oxygens (including phenoxy) is 1. The lowest BCUT2D eigenvalue weighted by Gasteiger charge is -2.53. The van der Waals surface area contributed by atoms with Gasteiger partial charge in [0.1, 0.15) is 6.10 Å². The Labute approximate surface area is 201 Å². The fourth-order valence-electron chi connectivity index (χ4n) is 8.56. The van der Waals surface area contributed by atoms with Gasteiger partial charge in [-0.1, -0.05) is 28.1 Å². The number of carbonyl (C=O) groups excluding carboxylic acids is 1. The fraction of sp³-hybridized carbons (Fsp3) is 0.741. The highest BCUT2D eigenvalue weighted by Crippen LogP contribution is 2.56. The van der Waals surface area contributed by atoms with Crippen LogP contribution < -0.4 is 0 Å². The van der Waals surface area contributed by atoms with Crippen LogP contribution in [0.5, 0.6) is 0 Å². The minimum absolute atomic E-state index is 0.0347. The zero-order valence-electron chi connectivity index (χ0n) is 19.6. The van der Waals surface area contributed by atoms with Crippen LogP contribution in [-0.2, 0) is 10.2 Å². The van der Waals surface area contributed by atoms with Gasteiger partial charge in [-0.2, -0.15) is 0 Å². The molecule has 1 aromatic carbocycles. The van der Waals surface area contributed by atoms with Gasteiger partial charge in [-0.15, -0.1) is 0 Å². The van der Waals surface area contributed by atoms with Gasteiger partial charge in [0.25, 0.3) is 0 Å². The van der Waals surface area contributed by atoms with Gasteiger partial charge < -0.3 is 14.5 Å². The van der Waals surface area contributed by atoms with E-state index in [4.69, 9.17) is 4.74 Å². The molecule has 1 amide bonds. The molecule has 5 heteroatoms. The quantitative estimate of drug-likeness (QED) is 0.526. The molecule has 1 unspecified atom stereocenters. The third kappa shape index (κ3) is 3.53. The van der Waals surface area contributed by atoms with Crippen LogP contribution in [0.4, 0.5) is 4.79 Å². The van der Waals surface area contributed by atoms with E-state index >= 15 is 0 Å². The zero-order valence-corrected chi connectivity index (χ0v) is 21.1. The lowest BCUT2D eigenvalue weighted by molar-refractivity contribution is -0.103. The third-order valence-electron chi connectivity index (χ3n) is 9.59. The van der Waals surface area contributed by atoms with E-state index in [1.807, 2.05) is 4.90 Å². The number of hydrogen-bond acceptors (Lipinski definition) is 3. The molecule has 174 valence electrons. The first-order valence-electron chi connectivity index (χ1n) is 12.8. The Kier molecular flexibility index (Phi) is 5.37. The molecule has 0 aromatic heterocycles. The molecule has 32 heavy (non-hydrogen) atoms. The monoisotopic (exact) mass is 500 g/mol. The molecule has 1 saturated heterocycles. The summed E-state index contributed by atoms with van der Waals surface area (Å²) in [6, 6.07) is 6.71. The predicted molar refractivity (Wildman–Crippen MR) is 130 cm³/mol. The number of carbonyl (C=O) groups is 1. The summed E-state index contributed by atoms with van der Waals surface area (Å²) in [4.78, 5) is 17.5. The summed E-state index contributed by atoms with van der Waals surface area (Å²) in [7, 11) is 4.34. The number of benzene rings is 1. The first kappa shape index (κ1) is 21.5. The van der Waals surface area contributed by atoms with Crippen molar-refractivity contribution in [2.45, 2.75) is 68.8 Å². The molecule has 0 radical (unpaired) electrons. The Morgan fingerprint density at radius 2 is 1.75 bits per heavy atom. The van der Waals surface area contributed by atoms with Crippen molar-refractivity contribution in [3.8, 4) is 0 Å². The first-order valence-corrected chi connectivity index (χ1v) is 13.6. The van der Waals surface area contributed by atoms with Gasteiger partial charge in [0.05, 0.1) is 0 Å². The third-order valence-corrected chi connectivity index (χ3v) is 10.3. The maximum absolute atomic E-state index is 13.2. The number of piperidine rings is 1. The van der Waals surface area contributed by atoms with Gasteiger partial charge in [-0.25, -0.2) is 4.79 Å². The van der Waals surface area contributed by atoms with Crippen molar-refractivity contribution >= 4 is 22.0 Å². The van der Waals surface area contributed by atoms with Gasteiger partial charge >= 0.3 is 6.09 Å². The number of nitrogens with zero attached hydrogens (tertiary/aromatic N) is 2. The van der Waals surface area contributed by atoms with E-state index < -0.39 is 0 Å². The van der Waals surface area contributed by atoms with Crippen molar-refractivity contribution in [3.63, 3.8) is 0 Å². The zero-order chi connectivity index (χ0) is 22.0. The van der Waals surface area contributed by atoms with Crippen LogP contribution in [-0.4, -0.2) is 55.7 Å². The van der Waals surface area contributed by atoms with Crippen LogP contribution in [0.25, 0.3) is 0 Å². The van der Waals surface area contributed by atoms with Gasteiger partial charge in [0.2, 0.25) is 0 Å². The maximum Gasteiger partial charge on any atom is 0.410 e. The lowest BCUT2D eigenvalue weighted by atomic mass is 9.55. The summed E-state index contributed by atoms with van der Waals surface area (Å²) < 4.78 is 7.51. The number of likely N-dealkylation sites (N-methyl/N-ethyl adjacent to an activating group) is 1. The molecule has 1 aliphatic heterocycles. The van der Waals surface area contributed by atoms with Gasteiger partial charge in [0.15, 0.2) is 0 Å². The van der Waals surface area contributed by atoms with Crippen molar-refractivity contribution < 1.29 is 9.53 Å². The molecule has 1 heterocycles. The number of hydrogen-bond donors (Lipinski definition) is 0. The van der Waals surface area contributed by atoms with Crippen LogP contribution in [0, 0.1) is 23.7 Å². The SMILES string of the molecule is CN(C)CC1CC2(CCN(C(=O)OC3C4CC5CC(C4)CC3C5)CC2)c2c(Br)cccc21. The topological polar surface area (TPSA) is 32.8 Å². The molecule has 1 atom stereocenters. The first-order chi connectivity index (χ1) is 15.4. The standard InChI is InChI=1S/C27H37BrN2O2/c1-29(2)16-21-15-27(24-22(21)4-3-5-23(24)28)6-8-30(9-7-27)26(31)32-25-19-11-17-10-18(13-19)14-20(25)12-17/h3-5,17-21,25H,6-16H2,1-2H3. The molecule has 1 aromatic rings. The van der Waals surface area contributed by atoms with Crippen LogP contribution in [0.1, 0.15) is 68.4 Å². The Hall–Kier alpha value is -1.07. The predicted octanol–water partition coefficient (Wildman–Crippen LogP) is 5.79. The second-order valence-corrected chi connectivity index (χ2v) is 12.8. The number of rotatable bonds is 3. The van der Waals surface area contributed by atoms with Gasteiger partial charge in [-0.3, -0.25) is 0 Å². The van der Waals surface area contributed by atoms with E-state index in [0.29, 0.717) is 17.8 Å². The number of fused-ring (bicyclic) bond motifs is 2. The Morgan fingerprint density at radius 3 is 2.38 bits per heavy atom. The second kappa shape index (κ2) is 8.01. The van der Waals surface area contributed by atoms with E-state index in [-0.39, 0.29) is 17.6 Å². The smallest absolute Gasteiger partial charge is 0.410 e. The number of likely N-dealkylation sites (tertiary alicyclic amines) is 1. The van der Waals surface area contributed by atoms with Crippen LogP contribution >= 0.6 is 15.9 Å². The van der Waals surface area contributed by atoms with Crippen LogP contribution in [0.15, 0.2) is 22.7 Å². The summed E-state index contributed by atoms with van der Waals surface area (Å²) in [6.07, 6.45) is 10.1. The highest BCUT2D eigenvalue weighted by molar-refractivity contribution is 9.10. The molecular formula is C27H37BrN2O2. The van der Waals surface area contributed by atoms with E-state index in [0.717, 1.165) is 44.3 Å². The molecule has 5 fully saturated rings. The summed E-state index contributed by atoms with van der Waals surface area (Å²) in [6.45, 7) is 2.73. The fourth-order valence-corrected chi connectivity index (χ4v) is 9.36. The average molecular weight is 502 g/mol. The van der Waals surface area contributed by atoms with E-state index in [9.17, 15) is 4.79 Å². The van der Waals surface area contributed by atoms with E-state index in [1.165, 1.54) is 54.1 Å². The summed E-state index contributed by atoms with van der Waals surface area (Å²) in [5.41, 5.74) is 3.22. The molecule has 4 saturated carbocycles. The molecule has 0 N–H and O–H groups in total. The minimum Gasteiger partial charge on any atom is -0.446 e. The van der Waals surface area contributed by atoms with Crippen molar-refractivity contribution in [1.82, 2.24) is 9.80 Å². The number of amides is 1. The van der Waals surface area contributed by atoms with Gasteiger partial charge in [0, 0.05) is 29.5 Å². The largest absolute Gasteiger partial charge is 0.446 e.